The number of aryl methyl sites for hydroxylation is 1. The van der Waals surface area contributed by atoms with Crippen LogP contribution in [0.2, 0.25) is 0 Å². The molecule has 0 amide bonds. The second-order valence-electron chi connectivity index (χ2n) is 3.49. The van der Waals surface area contributed by atoms with E-state index >= 15 is 0 Å². The molecule has 2 nitrogen and oxygen atoms in total. The molecule has 92 valence electrons. The first kappa shape index (κ1) is 15.7. The van der Waals surface area contributed by atoms with Crippen molar-refractivity contribution in [2.75, 3.05) is 5.73 Å². The minimum absolute atomic E-state index is 0. The molecule has 0 saturated heterocycles. The van der Waals surface area contributed by atoms with Crippen molar-refractivity contribution in [3.63, 3.8) is 0 Å². The van der Waals surface area contributed by atoms with E-state index in [-0.39, 0.29) is 30.6 Å². The Kier molecular flexibility index (Phi) is 5.93. The van der Waals surface area contributed by atoms with E-state index in [2.05, 4.69) is 4.98 Å². The van der Waals surface area contributed by atoms with Crippen LogP contribution >= 0.6 is 24.8 Å². The van der Waals surface area contributed by atoms with E-state index < -0.39 is 0 Å². The van der Waals surface area contributed by atoms with E-state index in [0.29, 0.717) is 5.82 Å². The Hall–Kier alpha value is -1.32. The highest BCUT2D eigenvalue weighted by molar-refractivity contribution is 5.85. The molecule has 1 aromatic heterocycles. The number of halogens is 3. The zero-order valence-corrected chi connectivity index (χ0v) is 10.8. The normalized spacial score (nSPS) is 9.06. The summed E-state index contributed by atoms with van der Waals surface area (Å²) in [5.41, 5.74) is 8.06. The SMILES string of the molecule is Cc1cc(F)cc(-c2ccc(N)nc2)c1.Cl.Cl. The molecule has 2 N–H and O–H groups in total. The molecule has 0 aliphatic heterocycles. The summed E-state index contributed by atoms with van der Waals surface area (Å²) >= 11 is 0. The molecule has 0 radical (unpaired) electrons. The third-order valence-electron chi connectivity index (χ3n) is 2.16. The summed E-state index contributed by atoms with van der Waals surface area (Å²) in [7, 11) is 0. The molecule has 2 rings (SSSR count). The third-order valence-corrected chi connectivity index (χ3v) is 2.16. The second kappa shape index (κ2) is 6.42. The Balaban J connectivity index is 0.00000128. The van der Waals surface area contributed by atoms with Crippen molar-refractivity contribution in [3.8, 4) is 11.1 Å². The highest BCUT2D eigenvalue weighted by atomic mass is 35.5. The van der Waals surface area contributed by atoms with Gasteiger partial charge in [-0.1, -0.05) is 6.07 Å². The van der Waals surface area contributed by atoms with Crippen LogP contribution in [0.15, 0.2) is 36.5 Å². The lowest BCUT2D eigenvalue weighted by molar-refractivity contribution is 0.627. The summed E-state index contributed by atoms with van der Waals surface area (Å²) in [4.78, 5) is 3.97. The smallest absolute Gasteiger partial charge is 0.124 e. The largest absolute Gasteiger partial charge is 0.384 e. The average Bonchev–Trinajstić information content (AvgIpc) is 2.17. The first-order chi connectivity index (χ1) is 7.15. The van der Waals surface area contributed by atoms with Crippen LogP contribution in [0.5, 0.6) is 0 Å². The van der Waals surface area contributed by atoms with E-state index in [4.69, 9.17) is 5.73 Å². The van der Waals surface area contributed by atoms with Crippen molar-refractivity contribution in [3.05, 3.63) is 47.9 Å². The van der Waals surface area contributed by atoms with Crippen LogP contribution in [0.1, 0.15) is 5.56 Å². The van der Waals surface area contributed by atoms with Crippen LogP contribution in [0.4, 0.5) is 10.2 Å². The summed E-state index contributed by atoms with van der Waals surface area (Å²) in [5, 5.41) is 0. The molecular weight excluding hydrogens is 262 g/mol. The lowest BCUT2D eigenvalue weighted by Crippen LogP contribution is -1.89. The maximum Gasteiger partial charge on any atom is 0.124 e. The van der Waals surface area contributed by atoms with E-state index in [1.165, 1.54) is 12.1 Å². The van der Waals surface area contributed by atoms with Crippen molar-refractivity contribution >= 4 is 30.6 Å². The monoisotopic (exact) mass is 274 g/mol. The molecule has 0 bridgehead atoms. The molecule has 0 atom stereocenters. The predicted octanol–water partition coefficient (Wildman–Crippen LogP) is 3.62. The summed E-state index contributed by atoms with van der Waals surface area (Å²) in [6.45, 7) is 1.86. The van der Waals surface area contributed by atoms with Crippen LogP contribution in [-0.2, 0) is 0 Å². The van der Waals surface area contributed by atoms with Crippen molar-refractivity contribution in [1.29, 1.82) is 0 Å². The van der Waals surface area contributed by atoms with Crippen molar-refractivity contribution in [2.45, 2.75) is 6.92 Å². The molecule has 0 fully saturated rings. The number of benzene rings is 1. The van der Waals surface area contributed by atoms with Crippen molar-refractivity contribution in [1.82, 2.24) is 4.98 Å². The summed E-state index contributed by atoms with van der Waals surface area (Å²) in [6.07, 6.45) is 1.64. The van der Waals surface area contributed by atoms with Crippen molar-refractivity contribution in [2.24, 2.45) is 0 Å². The minimum atomic E-state index is -0.234. The lowest BCUT2D eigenvalue weighted by Gasteiger charge is -2.03. The van der Waals surface area contributed by atoms with E-state index in [9.17, 15) is 4.39 Å². The Morgan fingerprint density at radius 3 is 2.29 bits per heavy atom. The van der Waals surface area contributed by atoms with Crippen LogP contribution in [0, 0.1) is 12.7 Å². The van der Waals surface area contributed by atoms with Gasteiger partial charge in [-0.25, -0.2) is 9.37 Å². The quantitative estimate of drug-likeness (QED) is 0.863. The Bertz CT molecular complexity index is 466. The van der Waals surface area contributed by atoms with Gasteiger partial charge in [-0.05, 0) is 42.3 Å². The molecule has 0 aliphatic rings. The number of anilines is 1. The van der Waals surface area contributed by atoms with Crippen LogP contribution in [0.25, 0.3) is 11.1 Å². The first-order valence-corrected chi connectivity index (χ1v) is 4.64. The standard InChI is InChI=1S/C12H11FN2.2ClH/c1-8-4-10(6-11(13)5-8)9-2-3-12(14)15-7-9;;/h2-7H,1H3,(H2,14,15);2*1H. The summed E-state index contributed by atoms with van der Waals surface area (Å²) in [5.74, 6) is 0.230. The third kappa shape index (κ3) is 3.88. The van der Waals surface area contributed by atoms with Gasteiger partial charge < -0.3 is 5.73 Å². The maximum atomic E-state index is 13.1. The fourth-order valence-corrected chi connectivity index (χ4v) is 1.48. The van der Waals surface area contributed by atoms with Crippen LogP contribution < -0.4 is 5.73 Å². The number of nitrogens with two attached hydrogens (primary N) is 1. The number of nitrogens with zero attached hydrogens (tertiary/aromatic N) is 1. The molecule has 0 spiro atoms. The lowest BCUT2D eigenvalue weighted by atomic mass is 10.1. The van der Waals surface area contributed by atoms with E-state index in [1.54, 1.807) is 12.3 Å². The Labute approximate surface area is 112 Å². The number of nitrogen functional groups attached to an aromatic ring is 1. The summed E-state index contributed by atoms with van der Waals surface area (Å²) < 4.78 is 13.1. The van der Waals surface area contributed by atoms with Gasteiger partial charge in [0.1, 0.15) is 11.6 Å². The first-order valence-electron chi connectivity index (χ1n) is 4.64. The fourth-order valence-electron chi connectivity index (χ4n) is 1.48. The van der Waals surface area contributed by atoms with Crippen LogP contribution in [-0.4, -0.2) is 4.98 Å². The molecule has 2 aromatic rings. The molecule has 1 aromatic carbocycles. The zero-order valence-electron chi connectivity index (χ0n) is 9.18. The molecule has 17 heavy (non-hydrogen) atoms. The van der Waals surface area contributed by atoms with Gasteiger partial charge in [0.15, 0.2) is 0 Å². The van der Waals surface area contributed by atoms with Gasteiger partial charge in [-0.2, -0.15) is 0 Å². The Morgan fingerprint density at radius 1 is 1.06 bits per heavy atom. The highest BCUT2D eigenvalue weighted by Gasteiger charge is 2.01. The van der Waals surface area contributed by atoms with Gasteiger partial charge in [0, 0.05) is 11.8 Å². The number of hydrogen-bond acceptors (Lipinski definition) is 2. The molecule has 1 heterocycles. The molecule has 0 unspecified atom stereocenters. The van der Waals surface area contributed by atoms with Gasteiger partial charge in [-0.3, -0.25) is 0 Å². The second-order valence-corrected chi connectivity index (χ2v) is 3.49. The van der Waals surface area contributed by atoms with Crippen molar-refractivity contribution < 1.29 is 4.39 Å². The van der Waals surface area contributed by atoms with Gasteiger partial charge in [0.05, 0.1) is 0 Å². The molecule has 5 heteroatoms. The molecule has 0 saturated carbocycles. The Morgan fingerprint density at radius 2 is 1.76 bits per heavy atom. The van der Waals surface area contributed by atoms with E-state index in [0.717, 1.165) is 16.7 Å². The van der Waals surface area contributed by atoms with Gasteiger partial charge in [0.25, 0.3) is 0 Å². The number of aromatic nitrogens is 1. The highest BCUT2D eigenvalue weighted by Crippen LogP contribution is 2.21. The molecular formula is C12H13Cl2FN2. The maximum absolute atomic E-state index is 13.1. The van der Waals surface area contributed by atoms with Crippen LogP contribution in [0.3, 0.4) is 0 Å². The number of hydrogen-bond donors (Lipinski definition) is 1. The number of rotatable bonds is 1. The fraction of sp³-hybridized carbons (Fsp3) is 0.0833. The van der Waals surface area contributed by atoms with Gasteiger partial charge in [0.2, 0.25) is 0 Å². The summed E-state index contributed by atoms with van der Waals surface area (Å²) in [6, 6.07) is 8.43. The molecule has 0 aliphatic carbocycles. The van der Waals surface area contributed by atoms with E-state index in [1.807, 2.05) is 19.1 Å². The average molecular weight is 275 g/mol. The number of pyridine rings is 1. The zero-order chi connectivity index (χ0) is 10.8. The predicted molar refractivity (Wildman–Crippen MR) is 73.3 cm³/mol. The topological polar surface area (TPSA) is 38.9 Å². The van der Waals surface area contributed by atoms with Gasteiger partial charge in [-0.15, -0.1) is 24.8 Å². The minimum Gasteiger partial charge on any atom is -0.384 e. The van der Waals surface area contributed by atoms with Gasteiger partial charge >= 0.3 is 0 Å².